The van der Waals surface area contributed by atoms with Gasteiger partial charge in [-0.2, -0.15) is 0 Å². The second kappa shape index (κ2) is 6.18. The van der Waals surface area contributed by atoms with E-state index in [4.69, 9.17) is 9.15 Å². The zero-order valence-electron chi connectivity index (χ0n) is 12.2. The second-order valence-corrected chi connectivity index (χ2v) is 4.59. The maximum atomic E-state index is 11.2. The molecule has 1 heterocycles. The van der Waals surface area contributed by atoms with Gasteiger partial charge in [0.25, 0.3) is 5.89 Å². The number of para-hydroxylation sites is 2. The van der Waals surface area contributed by atoms with Crippen LogP contribution in [0.4, 0.5) is 11.7 Å². The van der Waals surface area contributed by atoms with Crippen molar-refractivity contribution in [3.8, 4) is 17.2 Å². The Balaban J connectivity index is 1.90. The van der Waals surface area contributed by atoms with E-state index in [1.54, 1.807) is 37.4 Å². The van der Waals surface area contributed by atoms with Crippen molar-refractivity contribution in [2.24, 2.45) is 0 Å². The van der Waals surface area contributed by atoms with Gasteiger partial charge in [-0.05, 0) is 24.3 Å². The van der Waals surface area contributed by atoms with Crippen LogP contribution in [0.5, 0.6) is 5.75 Å². The van der Waals surface area contributed by atoms with E-state index in [1.165, 1.54) is 6.07 Å². The quantitative estimate of drug-likeness (QED) is 0.746. The van der Waals surface area contributed by atoms with Gasteiger partial charge in [-0.3, -0.25) is 0 Å². The van der Waals surface area contributed by atoms with Gasteiger partial charge in [0.1, 0.15) is 5.75 Å². The molecule has 3 rings (SSSR count). The Kier molecular flexibility index (Phi) is 3.92. The Morgan fingerprint density at radius 2 is 1.87 bits per heavy atom. The predicted molar refractivity (Wildman–Crippen MR) is 83.0 cm³/mol. The highest BCUT2D eigenvalue weighted by Crippen LogP contribution is 2.30. The van der Waals surface area contributed by atoms with Gasteiger partial charge in [0.05, 0.1) is 23.9 Å². The summed E-state index contributed by atoms with van der Waals surface area (Å²) in [6, 6.07) is 13.8. The second-order valence-electron chi connectivity index (χ2n) is 4.59. The summed E-state index contributed by atoms with van der Waals surface area (Å²) in [5, 5.41) is 19.8. The van der Waals surface area contributed by atoms with Crippen molar-refractivity contribution in [3.63, 3.8) is 0 Å². The zero-order valence-corrected chi connectivity index (χ0v) is 12.2. The number of anilines is 2. The van der Waals surface area contributed by atoms with Crippen LogP contribution >= 0.6 is 0 Å². The van der Waals surface area contributed by atoms with Crippen molar-refractivity contribution in [3.05, 3.63) is 54.1 Å². The number of aromatic carboxylic acids is 1. The highest BCUT2D eigenvalue weighted by Gasteiger charge is 2.15. The van der Waals surface area contributed by atoms with E-state index in [2.05, 4.69) is 15.5 Å². The summed E-state index contributed by atoms with van der Waals surface area (Å²) in [5.41, 5.74) is 1.14. The average molecular weight is 311 g/mol. The van der Waals surface area contributed by atoms with Crippen LogP contribution < -0.4 is 10.1 Å². The number of hydrogen-bond acceptors (Lipinski definition) is 6. The molecule has 0 saturated carbocycles. The van der Waals surface area contributed by atoms with Crippen LogP contribution in [0.2, 0.25) is 0 Å². The summed E-state index contributed by atoms with van der Waals surface area (Å²) >= 11 is 0. The minimum atomic E-state index is -1.04. The molecule has 0 aliphatic heterocycles. The molecule has 0 amide bonds. The number of hydrogen-bond donors (Lipinski definition) is 2. The van der Waals surface area contributed by atoms with Crippen LogP contribution in [0, 0.1) is 0 Å². The smallest absolute Gasteiger partial charge is 0.337 e. The number of rotatable bonds is 5. The maximum absolute atomic E-state index is 11.2. The molecule has 7 nitrogen and oxygen atoms in total. The lowest BCUT2D eigenvalue weighted by Gasteiger charge is -2.05. The minimum absolute atomic E-state index is 0.0969. The molecule has 1 aromatic heterocycles. The summed E-state index contributed by atoms with van der Waals surface area (Å²) in [5.74, 6) is -0.163. The molecule has 0 saturated heterocycles. The molecule has 0 fully saturated rings. The third-order valence-corrected chi connectivity index (χ3v) is 3.16. The Labute approximate surface area is 131 Å². The first-order chi connectivity index (χ1) is 11.2. The van der Waals surface area contributed by atoms with Crippen LogP contribution in [-0.2, 0) is 0 Å². The van der Waals surface area contributed by atoms with E-state index >= 15 is 0 Å². The van der Waals surface area contributed by atoms with Gasteiger partial charge in [-0.25, -0.2) is 4.79 Å². The Morgan fingerprint density at radius 1 is 1.13 bits per heavy atom. The molecule has 7 heteroatoms. The van der Waals surface area contributed by atoms with Crippen molar-refractivity contribution in [2.75, 3.05) is 12.4 Å². The van der Waals surface area contributed by atoms with E-state index in [-0.39, 0.29) is 17.5 Å². The van der Waals surface area contributed by atoms with E-state index in [0.717, 1.165) is 0 Å². The number of carboxylic acids is 1. The monoisotopic (exact) mass is 311 g/mol. The fourth-order valence-electron chi connectivity index (χ4n) is 2.10. The minimum Gasteiger partial charge on any atom is -0.496 e. The maximum Gasteiger partial charge on any atom is 0.337 e. The molecule has 23 heavy (non-hydrogen) atoms. The van der Waals surface area contributed by atoms with Crippen LogP contribution in [0.25, 0.3) is 11.5 Å². The van der Waals surface area contributed by atoms with Gasteiger partial charge in [0.15, 0.2) is 0 Å². The van der Waals surface area contributed by atoms with E-state index in [1.807, 2.05) is 12.1 Å². The van der Waals surface area contributed by atoms with Crippen LogP contribution in [-0.4, -0.2) is 28.4 Å². The molecular weight excluding hydrogens is 298 g/mol. The van der Waals surface area contributed by atoms with E-state index in [0.29, 0.717) is 17.0 Å². The van der Waals surface area contributed by atoms with Crippen LogP contribution in [0.1, 0.15) is 10.4 Å². The summed E-state index contributed by atoms with van der Waals surface area (Å²) in [6.45, 7) is 0. The Bertz CT molecular complexity index is 845. The van der Waals surface area contributed by atoms with Gasteiger partial charge >= 0.3 is 12.0 Å². The number of aromatic nitrogens is 2. The normalized spacial score (nSPS) is 10.3. The molecule has 0 radical (unpaired) electrons. The fraction of sp³-hybridized carbons (Fsp3) is 0.0625. The largest absolute Gasteiger partial charge is 0.496 e. The fourth-order valence-corrected chi connectivity index (χ4v) is 2.10. The third kappa shape index (κ3) is 2.98. The van der Waals surface area contributed by atoms with E-state index < -0.39 is 5.97 Å². The van der Waals surface area contributed by atoms with Crippen LogP contribution in [0.3, 0.4) is 0 Å². The lowest BCUT2D eigenvalue weighted by molar-refractivity contribution is 0.0698. The average Bonchev–Trinajstić information content (AvgIpc) is 3.03. The van der Waals surface area contributed by atoms with Crippen LogP contribution in [0.15, 0.2) is 52.9 Å². The molecule has 0 aliphatic carbocycles. The lowest BCUT2D eigenvalue weighted by atomic mass is 10.2. The first kappa shape index (κ1) is 14.6. The molecule has 0 aliphatic rings. The van der Waals surface area contributed by atoms with Crippen molar-refractivity contribution in [2.45, 2.75) is 0 Å². The SMILES string of the molecule is COc1ccccc1-c1nnc(Nc2ccccc2C(=O)O)o1. The first-order valence-electron chi connectivity index (χ1n) is 6.75. The number of methoxy groups -OCH3 is 1. The number of nitrogens with one attached hydrogen (secondary N) is 1. The van der Waals surface area contributed by atoms with Crippen molar-refractivity contribution >= 4 is 17.7 Å². The number of benzene rings is 2. The standard InChI is InChI=1S/C16H13N3O4/c1-22-13-9-5-3-7-11(13)14-18-19-16(23-14)17-12-8-4-2-6-10(12)15(20)21/h2-9H,1H3,(H,17,19)(H,20,21). The zero-order chi connectivity index (χ0) is 16.2. The van der Waals surface area contributed by atoms with Gasteiger partial charge < -0.3 is 19.6 Å². The van der Waals surface area contributed by atoms with Gasteiger partial charge in [-0.1, -0.05) is 29.4 Å². The Morgan fingerprint density at radius 3 is 2.65 bits per heavy atom. The molecule has 0 unspecified atom stereocenters. The number of carboxylic acid groups (broad SMARTS) is 1. The number of carbonyl (C=O) groups is 1. The van der Waals surface area contributed by atoms with Gasteiger partial charge in [0, 0.05) is 0 Å². The Hall–Kier alpha value is -3.35. The topological polar surface area (TPSA) is 97.5 Å². The first-order valence-corrected chi connectivity index (χ1v) is 6.75. The van der Waals surface area contributed by atoms with Crippen molar-refractivity contribution in [1.29, 1.82) is 0 Å². The predicted octanol–water partition coefficient (Wildman–Crippen LogP) is 3.19. The van der Waals surface area contributed by atoms with Crippen molar-refractivity contribution in [1.82, 2.24) is 10.2 Å². The molecule has 116 valence electrons. The molecule has 0 spiro atoms. The number of ether oxygens (including phenoxy) is 1. The van der Waals surface area contributed by atoms with Crippen molar-refractivity contribution < 1.29 is 19.1 Å². The summed E-state index contributed by atoms with van der Waals surface area (Å²) in [7, 11) is 1.55. The van der Waals surface area contributed by atoms with E-state index in [9.17, 15) is 9.90 Å². The van der Waals surface area contributed by atoms with Gasteiger partial charge in [-0.15, -0.1) is 5.10 Å². The summed E-state index contributed by atoms with van der Waals surface area (Å²) in [6.07, 6.45) is 0. The highest BCUT2D eigenvalue weighted by atomic mass is 16.5. The highest BCUT2D eigenvalue weighted by molar-refractivity contribution is 5.94. The lowest BCUT2D eigenvalue weighted by Crippen LogP contribution is -2.02. The molecule has 2 N–H and O–H groups in total. The van der Waals surface area contributed by atoms with Gasteiger partial charge in [0.2, 0.25) is 0 Å². The number of nitrogens with zero attached hydrogens (tertiary/aromatic N) is 2. The molecule has 0 bridgehead atoms. The third-order valence-electron chi connectivity index (χ3n) is 3.16. The molecule has 0 atom stereocenters. The summed E-state index contributed by atoms with van der Waals surface area (Å²) in [4.78, 5) is 11.2. The molecule has 3 aromatic rings. The molecular formula is C16H13N3O4. The summed E-state index contributed by atoms with van der Waals surface area (Å²) < 4.78 is 10.8. The molecule has 2 aromatic carbocycles.